The summed E-state index contributed by atoms with van der Waals surface area (Å²) in [7, 11) is -2.61. The molecule has 40 heavy (non-hydrogen) atoms. The van der Waals surface area contributed by atoms with Crippen molar-refractivity contribution >= 4 is 39.1 Å². The number of benzene rings is 3. The quantitative estimate of drug-likeness (QED) is 0.321. The second kappa shape index (κ2) is 13.7. The summed E-state index contributed by atoms with van der Waals surface area (Å²) in [6, 6.07) is 19.0. The molecule has 0 radical (unpaired) electrons. The van der Waals surface area contributed by atoms with Gasteiger partial charge in [0, 0.05) is 18.1 Å². The van der Waals surface area contributed by atoms with Crippen LogP contribution in [-0.2, 0) is 26.2 Å². The molecule has 0 saturated heterocycles. The van der Waals surface area contributed by atoms with Gasteiger partial charge < -0.3 is 15.0 Å². The molecule has 3 aromatic rings. The van der Waals surface area contributed by atoms with E-state index >= 15 is 0 Å². The van der Waals surface area contributed by atoms with Crippen molar-refractivity contribution in [3.05, 3.63) is 88.9 Å². The van der Waals surface area contributed by atoms with E-state index in [2.05, 4.69) is 5.32 Å². The molecule has 1 N–H and O–H groups in total. The number of nitrogens with one attached hydrogen (secondary N) is 1. The van der Waals surface area contributed by atoms with Gasteiger partial charge in [0.2, 0.25) is 11.8 Å². The van der Waals surface area contributed by atoms with Crippen LogP contribution < -0.4 is 14.4 Å². The van der Waals surface area contributed by atoms with Gasteiger partial charge in [-0.05, 0) is 79.4 Å². The largest absolute Gasteiger partial charge is 0.497 e. The molecule has 10 heteroatoms. The molecule has 0 aliphatic heterocycles. The Balaban J connectivity index is 2.02. The van der Waals surface area contributed by atoms with Crippen molar-refractivity contribution < 1.29 is 22.7 Å². The molecule has 0 spiro atoms. The van der Waals surface area contributed by atoms with Crippen molar-refractivity contribution in [1.29, 1.82) is 0 Å². The number of aryl methyl sites for hydroxylation is 1. The molecule has 0 saturated carbocycles. The summed E-state index contributed by atoms with van der Waals surface area (Å²) in [6.45, 7) is 7.45. The van der Waals surface area contributed by atoms with Gasteiger partial charge in [0.1, 0.15) is 18.3 Å². The summed E-state index contributed by atoms with van der Waals surface area (Å²) in [4.78, 5) is 28.4. The van der Waals surface area contributed by atoms with Crippen LogP contribution >= 0.6 is 11.6 Å². The molecule has 214 valence electrons. The van der Waals surface area contributed by atoms with E-state index in [4.69, 9.17) is 16.3 Å². The number of carbonyl (C=O) groups is 2. The molecule has 0 aliphatic carbocycles. The normalized spacial score (nSPS) is 12.1. The number of ether oxygens (including phenoxy) is 1. The van der Waals surface area contributed by atoms with E-state index in [0.717, 1.165) is 15.4 Å². The summed E-state index contributed by atoms with van der Waals surface area (Å²) in [5.74, 6) is -0.0322. The fourth-order valence-electron chi connectivity index (χ4n) is 4.05. The monoisotopic (exact) mass is 585 g/mol. The average Bonchev–Trinajstić information content (AvgIpc) is 2.93. The SMILES string of the molecule is COc1cccc(CN(C(=O)CN(c2cccc(C)c2)S(=O)(=O)c2ccc(Cl)cc2)[C@@H](C)C(=O)NCC(C)C)c1. The first-order chi connectivity index (χ1) is 18.9. The van der Waals surface area contributed by atoms with Crippen LogP contribution in [0.15, 0.2) is 77.7 Å². The number of hydrogen-bond acceptors (Lipinski definition) is 5. The minimum absolute atomic E-state index is 0.00623. The molecule has 0 bridgehead atoms. The van der Waals surface area contributed by atoms with Gasteiger partial charge >= 0.3 is 0 Å². The molecule has 8 nitrogen and oxygen atoms in total. The zero-order valence-corrected chi connectivity index (χ0v) is 25.0. The maximum Gasteiger partial charge on any atom is 0.264 e. The number of anilines is 1. The molecule has 0 aromatic heterocycles. The highest BCUT2D eigenvalue weighted by atomic mass is 35.5. The van der Waals surface area contributed by atoms with Crippen LogP contribution in [-0.4, -0.2) is 51.4 Å². The maximum atomic E-state index is 14.0. The standard InChI is InChI=1S/C30H36ClN3O5S/c1-21(2)18-32-30(36)23(4)33(19-24-9-7-11-27(17-24)39-5)29(35)20-34(26-10-6-8-22(3)16-26)40(37,38)28-14-12-25(31)13-15-28/h6-17,21,23H,18-20H2,1-5H3,(H,32,36)/t23-/m0/s1. The van der Waals surface area contributed by atoms with Gasteiger partial charge in [-0.15, -0.1) is 0 Å². The predicted molar refractivity (Wildman–Crippen MR) is 158 cm³/mol. The molecule has 0 unspecified atom stereocenters. The molecule has 0 fully saturated rings. The number of halogens is 1. The summed E-state index contributed by atoms with van der Waals surface area (Å²) in [5.41, 5.74) is 1.90. The van der Waals surface area contributed by atoms with Gasteiger partial charge in [-0.1, -0.05) is 49.7 Å². The van der Waals surface area contributed by atoms with Gasteiger partial charge in [-0.25, -0.2) is 8.42 Å². The van der Waals surface area contributed by atoms with Crippen LogP contribution in [0.5, 0.6) is 5.75 Å². The molecular formula is C30H36ClN3O5S. The van der Waals surface area contributed by atoms with Crippen molar-refractivity contribution in [2.75, 3.05) is 24.5 Å². The second-order valence-corrected chi connectivity index (χ2v) is 12.3. The lowest BCUT2D eigenvalue weighted by atomic mass is 10.1. The average molecular weight is 586 g/mol. The maximum absolute atomic E-state index is 14.0. The summed E-state index contributed by atoms with van der Waals surface area (Å²) >= 11 is 6.00. The Kier molecular flexibility index (Phi) is 10.6. The molecule has 3 aromatic carbocycles. The number of rotatable bonds is 12. The molecular weight excluding hydrogens is 550 g/mol. The van der Waals surface area contributed by atoms with Crippen LogP contribution in [0.2, 0.25) is 5.02 Å². The minimum Gasteiger partial charge on any atom is -0.497 e. The minimum atomic E-state index is -4.16. The van der Waals surface area contributed by atoms with Gasteiger partial charge in [-0.2, -0.15) is 0 Å². The first kappa shape index (κ1) is 31.0. The van der Waals surface area contributed by atoms with Crippen LogP contribution in [0.3, 0.4) is 0 Å². The van der Waals surface area contributed by atoms with Gasteiger partial charge in [0.05, 0.1) is 17.7 Å². The van der Waals surface area contributed by atoms with E-state index in [-0.39, 0.29) is 23.3 Å². The number of nitrogens with zero attached hydrogens (tertiary/aromatic N) is 2. The summed E-state index contributed by atoms with van der Waals surface area (Å²) in [6.07, 6.45) is 0. The zero-order chi connectivity index (χ0) is 29.4. The smallest absolute Gasteiger partial charge is 0.264 e. The zero-order valence-electron chi connectivity index (χ0n) is 23.4. The molecule has 0 aliphatic rings. The molecule has 1 atom stereocenters. The lowest BCUT2D eigenvalue weighted by Gasteiger charge is -2.32. The fraction of sp³-hybridized carbons (Fsp3) is 0.333. The van der Waals surface area contributed by atoms with E-state index in [0.29, 0.717) is 23.0 Å². The summed E-state index contributed by atoms with van der Waals surface area (Å²) < 4.78 is 34.1. The fourth-order valence-corrected chi connectivity index (χ4v) is 5.58. The van der Waals surface area contributed by atoms with Gasteiger partial charge in [-0.3, -0.25) is 13.9 Å². The van der Waals surface area contributed by atoms with E-state index in [9.17, 15) is 18.0 Å². The third kappa shape index (κ3) is 7.99. The van der Waals surface area contributed by atoms with Crippen molar-refractivity contribution in [1.82, 2.24) is 10.2 Å². The Bertz CT molecular complexity index is 1430. The van der Waals surface area contributed by atoms with Crippen molar-refractivity contribution in [2.45, 2.75) is 45.2 Å². The van der Waals surface area contributed by atoms with E-state index in [1.807, 2.05) is 32.9 Å². The van der Waals surface area contributed by atoms with Gasteiger partial charge in [0.15, 0.2) is 0 Å². The first-order valence-corrected chi connectivity index (χ1v) is 14.8. The molecule has 2 amide bonds. The highest BCUT2D eigenvalue weighted by molar-refractivity contribution is 7.92. The Labute approximate surface area is 241 Å². The van der Waals surface area contributed by atoms with Crippen LogP contribution in [0.1, 0.15) is 31.9 Å². The highest BCUT2D eigenvalue weighted by Gasteiger charge is 2.32. The van der Waals surface area contributed by atoms with E-state index in [1.54, 1.807) is 50.4 Å². The topological polar surface area (TPSA) is 96.0 Å². The highest BCUT2D eigenvalue weighted by Crippen LogP contribution is 2.26. The van der Waals surface area contributed by atoms with Crippen LogP contribution in [0, 0.1) is 12.8 Å². The van der Waals surface area contributed by atoms with Crippen LogP contribution in [0.25, 0.3) is 0 Å². The number of sulfonamides is 1. The third-order valence-corrected chi connectivity index (χ3v) is 8.35. The molecule has 0 heterocycles. The number of carbonyl (C=O) groups excluding carboxylic acids is 2. The Hall–Kier alpha value is -3.56. The van der Waals surface area contributed by atoms with Crippen molar-refractivity contribution in [3.8, 4) is 5.75 Å². The number of amides is 2. The summed E-state index contributed by atoms with van der Waals surface area (Å²) in [5, 5.41) is 3.27. The number of methoxy groups -OCH3 is 1. The van der Waals surface area contributed by atoms with Gasteiger partial charge in [0.25, 0.3) is 10.0 Å². The Morgan fingerprint density at radius 2 is 1.65 bits per heavy atom. The van der Waals surface area contributed by atoms with Crippen LogP contribution in [0.4, 0.5) is 5.69 Å². The lowest BCUT2D eigenvalue weighted by molar-refractivity contribution is -0.139. The lowest BCUT2D eigenvalue weighted by Crippen LogP contribution is -2.51. The Morgan fingerprint density at radius 3 is 2.27 bits per heavy atom. The second-order valence-electron chi connectivity index (χ2n) is 9.99. The molecule has 3 rings (SSSR count). The van der Waals surface area contributed by atoms with Crippen molar-refractivity contribution in [2.24, 2.45) is 5.92 Å². The van der Waals surface area contributed by atoms with Crippen molar-refractivity contribution in [3.63, 3.8) is 0 Å². The predicted octanol–water partition coefficient (Wildman–Crippen LogP) is 5.04. The number of hydrogen-bond donors (Lipinski definition) is 1. The first-order valence-electron chi connectivity index (χ1n) is 13.0. The Morgan fingerprint density at radius 1 is 0.975 bits per heavy atom. The van der Waals surface area contributed by atoms with E-state index < -0.39 is 28.5 Å². The van der Waals surface area contributed by atoms with E-state index in [1.165, 1.54) is 29.2 Å². The third-order valence-electron chi connectivity index (χ3n) is 6.31.